The van der Waals surface area contributed by atoms with E-state index < -0.39 is 0 Å². The van der Waals surface area contributed by atoms with Crippen LogP contribution in [0.5, 0.6) is 0 Å². The summed E-state index contributed by atoms with van der Waals surface area (Å²) >= 11 is 0. The lowest BCUT2D eigenvalue weighted by molar-refractivity contribution is -0.253. The van der Waals surface area contributed by atoms with Gasteiger partial charge in [0.05, 0.1) is 0 Å². The third kappa shape index (κ3) is 2.59. The molecule has 0 fully saturated rings. The monoisotopic (exact) mass is 143 g/mol. The van der Waals surface area contributed by atoms with Gasteiger partial charge in [0.25, 0.3) is 0 Å². The van der Waals surface area contributed by atoms with Gasteiger partial charge in [-0.25, -0.2) is 4.89 Å². The minimum atomic E-state index is 0. The Balaban J connectivity index is 0. The summed E-state index contributed by atoms with van der Waals surface area (Å²) in [7, 11) is 0. The molecule has 0 radical (unpaired) electrons. The molecule has 10 heavy (non-hydrogen) atoms. The van der Waals surface area contributed by atoms with Gasteiger partial charge in [-0.05, 0) is 5.56 Å². The van der Waals surface area contributed by atoms with Crippen LogP contribution in [0, 0.1) is 0 Å². The summed E-state index contributed by atoms with van der Waals surface area (Å²) in [6.07, 6.45) is 0. The first kappa shape index (κ1) is 9.10. The van der Waals surface area contributed by atoms with Crippen LogP contribution in [0.4, 0.5) is 0 Å². The van der Waals surface area contributed by atoms with Crippen molar-refractivity contribution < 1.29 is 11.6 Å². The average molecular weight is 143 g/mol. The van der Waals surface area contributed by atoms with Gasteiger partial charge in [-0.2, -0.15) is 0 Å². The van der Waals surface area contributed by atoms with Crippen LogP contribution in [0.25, 0.3) is 0 Å². The quantitative estimate of drug-likeness (QED) is 0.492. The van der Waals surface area contributed by atoms with Crippen molar-refractivity contribution in [3.05, 3.63) is 35.9 Å². The maximum Gasteiger partial charge on any atom is 0.107 e. The summed E-state index contributed by atoms with van der Waals surface area (Å²) in [5.74, 6) is 0. The summed E-state index contributed by atoms with van der Waals surface area (Å²) in [5.41, 5.74) is 0.972. The van der Waals surface area contributed by atoms with Gasteiger partial charge >= 0.3 is 0 Å². The molecule has 0 aliphatic rings. The van der Waals surface area contributed by atoms with Crippen LogP contribution in [0.1, 0.15) is 6.99 Å². The van der Waals surface area contributed by atoms with Crippen molar-refractivity contribution in [1.29, 1.82) is 0 Å². The second kappa shape index (κ2) is 4.93. The predicted molar refractivity (Wildman–Crippen MR) is 41.0 cm³/mol. The van der Waals surface area contributed by atoms with Crippen LogP contribution in [-0.4, -0.2) is 5.26 Å². The Morgan fingerprint density at radius 1 is 1.30 bits per heavy atom. The Kier molecular flexibility index (Phi) is 4.49. The van der Waals surface area contributed by atoms with E-state index in [2.05, 4.69) is 4.89 Å². The maximum atomic E-state index is 8.02. The fraction of sp³-hybridized carbons (Fsp3) is 0.143. The molecule has 0 unspecified atom stereocenters. The van der Waals surface area contributed by atoms with E-state index in [1.54, 1.807) is 0 Å². The summed E-state index contributed by atoms with van der Waals surface area (Å²) in [6, 6.07) is 9.48. The first-order valence-electron chi connectivity index (χ1n) is 2.74. The molecule has 0 saturated heterocycles. The van der Waals surface area contributed by atoms with E-state index in [4.69, 9.17) is 5.26 Å². The van der Waals surface area contributed by atoms with Crippen molar-refractivity contribution in [3.8, 4) is 0 Å². The van der Waals surface area contributed by atoms with E-state index in [0.717, 1.165) is 5.56 Å². The van der Waals surface area contributed by atoms with Gasteiger partial charge in [-0.1, -0.05) is 30.3 Å². The van der Waals surface area contributed by atoms with Crippen molar-refractivity contribution >= 4 is 0 Å². The molecule has 3 heteroatoms. The van der Waals surface area contributed by atoms with Crippen LogP contribution in [0.15, 0.2) is 30.3 Å². The summed E-state index contributed by atoms with van der Waals surface area (Å²) in [5, 5.41) is 8.02. The van der Waals surface area contributed by atoms with E-state index in [1.165, 1.54) is 0 Å². The van der Waals surface area contributed by atoms with Crippen LogP contribution in [0.3, 0.4) is 0 Å². The molecular weight excluding hydrogens is 130 g/mol. The Bertz CT molecular complexity index is 169. The molecular formula is C7H13NO2. The molecule has 0 amide bonds. The average Bonchev–Trinajstić information content (AvgIpc) is 1.91. The summed E-state index contributed by atoms with van der Waals surface area (Å²) in [4.78, 5) is 3.93. The molecule has 0 heterocycles. The number of hydrogen-bond acceptors (Lipinski definition) is 3. The SMILES string of the molecule is N.OOCc1ccccc1.[HH]. The van der Waals surface area contributed by atoms with Crippen molar-refractivity contribution in [2.45, 2.75) is 6.61 Å². The standard InChI is InChI=1S/C7H8O2.H3N.H2/c8-9-6-7-4-2-1-3-5-7;;/h1-5,8H,6H2;1H3;1H. The normalized spacial score (nSPS) is 8.50. The second-order valence-electron chi connectivity index (χ2n) is 1.76. The Morgan fingerprint density at radius 3 is 2.40 bits per heavy atom. The Morgan fingerprint density at radius 2 is 1.90 bits per heavy atom. The molecule has 1 aromatic rings. The van der Waals surface area contributed by atoms with Gasteiger partial charge in [0, 0.05) is 1.43 Å². The highest BCUT2D eigenvalue weighted by molar-refractivity contribution is 5.13. The van der Waals surface area contributed by atoms with Crippen molar-refractivity contribution in [2.75, 3.05) is 0 Å². The maximum absolute atomic E-state index is 8.02. The third-order valence-corrected chi connectivity index (χ3v) is 1.07. The topological polar surface area (TPSA) is 64.5 Å². The minimum absolute atomic E-state index is 0. The molecule has 0 aromatic heterocycles. The molecule has 58 valence electrons. The zero-order chi connectivity index (χ0) is 6.53. The van der Waals surface area contributed by atoms with Crippen LogP contribution >= 0.6 is 0 Å². The van der Waals surface area contributed by atoms with E-state index in [9.17, 15) is 0 Å². The van der Waals surface area contributed by atoms with E-state index in [-0.39, 0.29) is 14.2 Å². The fourth-order valence-corrected chi connectivity index (χ4v) is 0.649. The van der Waals surface area contributed by atoms with Gasteiger partial charge in [-0.3, -0.25) is 5.26 Å². The number of hydrogen-bond donors (Lipinski definition) is 2. The first-order valence-corrected chi connectivity index (χ1v) is 2.74. The minimum Gasteiger partial charge on any atom is -0.344 e. The van der Waals surface area contributed by atoms with E-state index in [0.29, 0.717) is 0 Å². The Labute approximate surface area is 61.3 Å². The molecule has 3 nitrogen and oxygen atoms in total. The first-order chi connectivity index (χ1) is 4.43. The number of benzene rings is 1. The van der Waals surface area contributed by atoms with Gasteiger partial charge in [-0.15, -0.1) is 0 Å². The molecule has 0 atom stereocenters. The zero-order valence-electron chi connectivity index (χ0n) is 5.66. The third-order valence-electron chi connectivity index (χ3n) is 1.07. The highest BCUT2D eigenvalue weighted by atomic mass is 17.1. The second-order valence-corrected chi connectivity index (χ2v) is 1.76. The molecule has 0 aliphatic carbocycles. The smallest absolute Gasteiger partial charge is 0.107 e. The molecule has 4 N–H and O–H groups in total. The van der Waals surface area contributed by atoms with Crippen LogP contribution in [-0.2, 0) is 11.5 Å². The van der Waals surface area contributed by atoms with Crippen LogP contribution < -0.4 is 6.15 Å². The molecule has 0 bridgehead atoms. The lowest BCUT2D eigenvalue weighted by Gasteiger charge is -1.93. The van der Waals surface area contributed by atoms with Gasteiger partial charge in [0.2, 0.25) is 0 Å². The van der Waals surface area contributed by atoms with Crippen LogP contribution in [0.2, 0.25) is 0 Å². The van der Waals surface area contributed by atoms with E-state index in [1.807, 2.05) is 30.3 Å². The predicted octanol–water partition coefficient (Wildman–Crippen LogP) is 2.08. The lowest BCUT2D eigenvalue weighted by atomic mass is 10.2. The largest absolute Gasteiger partial charge is 0.344 e. The van der Waals surface area contributed by atoms with Gasteiger partial charge < -0.3 is 6.15 Å². The van der Waals surface area contributed by atoms with Crippen molar-refractivity contribution in [2.24, 2.45) is 0 Å². The highest BCUT2D eigenvalue weighted by Crippen LogP contribution is 1.98. The zero-order valence-corrected chi connectivity index (χ0v) is 5.66. The Hall–Kier alpha value is -0.900. The number of rotatable bonds is 2. The van der Waals surface area contributed by atoms with Gasteiger partial charge in [0.15, 0.2) is 0 Å². The molecule has 0 spiro atoms. The fourth-order valence-electron chi connectivity index (χ4n) is 0.649. The van der Waals surface area contributed by atoms with Crippen molar-refractivity contribution in [1.82, 2.24) is 6.15 Å². The molecule has 0 aliphatic heterocycles. The molecule has 0 saturated carbocycles. The highest BCUT2D eigenvalue weighted by Gasteiger charge is 1.86. The molecule has 1 rings (SSSR count). The van der Waals surface area contributed by atoms with Gasteiger partial charge in [0.1, 0.15) is 6.61 Å². The molecule has 1 aromatic carbocycles. The summed E-state index contributed by atoms with van der Waals surface area (Å²) in [6.45, 7) is 0.265. The van der Waals surface area contributed by atoms with Crippen molar-refractivity contribution in [3.63, 3.8) is 0 Å². The summed E-state index contributed by atoms with van der Waals surface area (Å²) < 4.78 is 0. The lowest BCUT2D eigenvalue weighted by Crippen LogP contribution is -1.84. The van der Waals surface area contributed by atoms with E-state index >= 15 is 0 Å².